The fourth-order valence-electron chi connectivity index (χ4n) is 1.19. The van der Waals surface area contributed by atoms with Gasteiger partial charge in [-0.3, -0.25) is 0 Å². The SMILES string of the molecule is C=C(C)CC[CH]C(C)(C)C=CC. The lowest BCUT2D eigenvalue weighted by molar-refractivity contribution is 0.540. The van der Waals surface area contributed by atoms with E-state index in [1.807, 2.05) is 0 Å². The van der Waals surface area contributed by atoms with Crippen LogP contribution >= 0.6 is 0 Å². The summed E-state index contributed by atoms with van der Waals surface area (Å²) in [5.41, 5.74) is 1.51. The molecule has 0 bridgehead atoms. The van der Waals surface area contributed by atoms with Crippen LogP contribution in [0.3, 0.4) is 0 Å². The molecule has 0 N–H and O–H groups in total. The van der Waals surface area contributed by atoms with E-state index in [-0.39, 0.29) is 5.41 Å². The summed E-state index contributed by atoms with van der Waals surface area (Å²) in [5, 5.41) is 0. The van der Waals surface area contributed by atoms with Gasteiger partial charge in [0.15, 0.2) is 0 Å². The van der Waals surface area contributed by atoms with Crippen LogP contribution < -0.4 is 0 Å². The first-order valence-corrected chi connectivity index (χ1v) is 4.60. The molecular weight excluding hydrogens is 144 g/mol. The van der Waals surface area contributed by atoms with Crippen LogP contribution in [-0.2, 0) is 0 Å². The molecule has 0 aromatic heterocycles. The van der Waals surface area contributed by atoms with Crippen molar-refractivity contribution in [3.8, 4) is 0 Å². The summed E-state index contributed by atoms with van der Waals surface area (Å²) in [7, 11) is 0. The van der Waals surface area contributed by atoms with Gasteiger partial charge in [0.2, 0.25) is 0 Å². The molecule has 0 rings (SSSR count). The zero-order valence-electron chi connectivity index (χ0n) is 8.85. The van der Waals surface area contributed by atoms with Gasteiger partial charge in [-0.15, -0.1) is 6.58 Å². The van der Waals surface area contributed by atoms with Gasteiger partial charge < -0.3 is 0 Å². The number of hydrogen-bond donors (Lipinski definition) is 0. The van der Waals surface area contributed by atoms with Gasteiger partial charge in [0.25, 0.3) is 0 Å². The van der Waals surface area contributed by atoms with Gasteiger partial charge in [-0.25, -0.2) is 0 Å². The van der Waals surface area contributed by atoms with E-state index in [9.17, 15) is 0 Å². The molecule has 0 atom stereocenters. The third-order valence-electron chi connectivity index (χ3n) is 1.84. The second-order valence-electron chi connectivity index (χ2n) is 4.02. The van der Waals surface area contributed by atoms with E-state index in [2.05, 4.69) is 52.8 Å². The molecule has 69 valence electrons. The lowest BCUT2D eigenvalue weighted by atomic mass is 9.86. The van der Waals surface area contributed by atoms with Crippen molar-refractivity contribution in [2.45, 2.75) is 40.5 Å². The van der Waals surface area contributed by atoms with E-state index in [1.165, 1.54) is 5.57 Å². The molecule has 0 amide bonds. The molecule has 0 aliphatic heterocycles. The minimum absolute atomic E-state index is 0.240. The zero-order valence-corrected chi connectivity index (χ0v) is 8.85. The van der Waals surface area contributed by atoms with Gasteiger partial charge in [-0.1, -0.05) is 31.6 Å². The topological polar surface area (TPSA) is 0 Å². The Bertz CT molecular complexity index is 161. The Morgan fingerprint density at radius 1 is 1.42 bits per heavy atom. The third kappa shape index (κ3) is 6.21. The lowest BCUT2D eigenvalue weighted by Gasteiger charge is -2.19. The maximum atomic E-state index is 3.88. The molecule has 0 spiro atoms. The van der Waals surface area contributed by atoms with Gasteiger partial charge >= 0.3 is 0 Å². The second-order valence-corrected chi connectivity index (χ2v) is 4.02. The quantitative estimate of drug-likeness (QED) is 0.537. The van der Waals surface area contributed by atoms with Gasteiger partial charge in [0.05, 0.1) is 0 Å². The molecule has 0 aliphatic carbocycles. The summed E-state index contributed by atoms with van der Waals surface area (Å²) in [6.45, 7) is 12.5. The molecule has 12 heavy (non-hydrogen) atoms. The maximum absolute atomic E-state index is 3.88. The summed E-state index contributed by atoms with van der Waals surface area (Å²) >= 11 is 0. The third-order valence-corrected chi connectivity index (χ3v) is 1.84. The van der Waals surface area contributed by atoms with Crippen LogP contribution in [0.4, 0.5) is 0 Å². The van der Waals surface area contributed by atoms with E-state index < -0.39 is 0 Å². The van der Waals surface area contributed by atoms with E-state index in [4.69, 9.17) is 0 Å². The monoisotopic (exact) mass is 165 g/mol. The average Bonchev–Trinajstić information content (AvgIpc) is 1.85. The normalized spacial score (nSPS) is 12.3. The fraction of sp³-hybridized carbons (Fsp3) is 0.583. The number of hydrogen-bond acceptors (Lipinski definition) is 0. The van der Waals surface area contributed by atoms with Crippen LogP contribution in [0, 0.1) is 11.8 Å². The van der Waals surface area contributed by atoms with Crippen molar-refractivity contribution in [3.05, 3.63) is 30.7 Å². The summed E-state index contributed by atoms with van der Waals surface area (Å²) in [6, 6.07) is 0. The fourth-order valence-corrected chi connectivity index (χ4v) is 1.19. The van der Waals surface area contributed by atoms with Crippen LogP contribution in [0.15, 0.2) is 24.3 Å². The first-order valence-electron chi connectivity index (χ1n) is 4.60. The Labute approximate surface area is 77.4 Å². The van der Waals surface area contributed by atoms with E-state index >= 15 is 0 Å². The zero-order chi connectivity index (χ0) is 9.61. The molecule has 0 heterocycles. The first-order chi connectivity index (χ1) is 5.48. The summed E-state index contributed by atoms with van der Waals surface area (Å²) in [4.78, 5) is 0. The van der Waals surface area contributed by atoms with Crippen molar-refractivity contribution in [1.82, 2.24) is 0 Å². The molecular formula is C12H21. The molecule has 0 saturated carbocycles. The molecule has 0 fully saturated rings. The average molecular weight is 165 g/mol. The van der Waals surface area contributed by atoms with Crippen LogP contribution in [0.1, 0.15) is 40.5 Å². The highest BCUT2D eigenvalue weighted by atomic mass is 14.2. The Morgan fingerprint density at radius 3 is 2.42 bits per heavy atom. The Hall–Kier alpha value is -0.520. The molecule has 0 aromatic rings. The predicted octanol–water partition coefficient (Wildman–Crippen LogP) is 4.15. The minimum Gasteiger partial charge on any atom is -0.100 e. The molecule has 1 radical (unpaired) electrons. The van der Waals surface area contributed by atoms with Crippen molar-refractivity contribution in [2.24, 2.45) is 5.41 Å². The second kappa shape index (κ2) is 5.18. The van der Waals surface area contributed by atoms with Gasteiger partial charge in [0, 0.05) is 0 Å². The molecule has 0 aromatic carbocycles. The van der Waals surface area contributed by atoms with Crippen LogP contribution in [0.25, 0.3) is 0 Å². The minimum atomic E-state index is 0.240. The predicted molar refractivity (Wildman–Crippen MR) is 56.9 cm³/mol. The highest BCUT2D eigenvalue weighted by Crippen LogP contribution is 2.24. The first kappa shape index (κ1) is 11.5. The highest BCUT2D eigenvalue weighted by molar-refractivity contribution is 5.03. The largest absolute Gasteiger partial charge is 0.100 e. The van der Waals surface area contributed by atoms with Crippen LogP contribution in [0.2, 0.25) is 0 Å². The Kier molecular flexibility index (Phi) is 4.96. The Balaban J connectivity index is 3.68. The van der Waals surface area contributed by atoms with E-state index in [0.717, 1.165) is 12.8 Å². The lowest BCUT2D eigenvalue weighted by Crippen LogP contribution is -2.07. The van der Waals surface area contributed by atoms with Crippen molar-refractivity contribution < 1.29 is 0 Å². The van der Waals surface area contributed by atoms with Gasteiger partial charge in [-0.2, -0.15) is 0 Å². The summed E-state index contributed by atoms with van der Waals surface area (Å²) in [6.07, 6.45) is 8.93. The summed E-state index contributed by atoms with van der Waals surface area (Å²) < 4.78 is 0. The van der Waals surface area contributed by atoms with E-state index in [1.54, 1.807) is 0 Å². The van der Waals surface area contributed by atoms with Crippen LogP contribution in [0.5, 0.6) is 0 Å². The van der Waals surface area contributed by atoms with Crippen LogP contribution in [-0.4, -0.2) is 0 Å². The molecule has 0 saturated heterocycles. The van der Waals surface area contributed by atoms with Crippen molar-refractivity contribution in [2.75, 3.05) is 0 Å². The number of allylic oxidation sites excluding steroid dienone is 3. The van der Waals surface area contributed by atoms with Crippen molar-refractivity contribution in [1.29, 1.82) is 0 Å². The smallest absolute Gasteiger partial charge is 0.0144 e. The number of rotatable bonds is 5. The summed E-state index contributed by atoms with van der Waals surface area (Å²) in [5.74, 6) is 0. The van der Waals surface area contributed by atoms with Crippen molar-refractivity contribution in [3.63, 3.8) is 0 Å². The van der Waals surface area contributed by atoms with Gasteiger partial charge in [0.1, 0.15) is 0 Å². The Morgan fingerprint density at radius 2 is 2.00 bits per heavy atom. The maximum Gasteiger partial charge on any atom is -0.0144 e. The van der Waals surface area contributed by atoms with E-state index in [0.29, 0.717) is 0 Å². The van der Waals surface area contributed by atoms with Crippen molar-refractivity contribution >= 4 is 0 Å². The van der Waals surface area contributed by atoms with Gasteiger partial charge in [-0.05, 0) is 38.5 Å². The molecule has 0 aliphatic rings. The molecule has 0 nitrogen and oxygen atoms in total. The molecule has 0 heteroatoms. The standard InChI is InChI=1S/C12H21/c1-6-9-12(4,5)10-7-8-11(2)3/h6,9-10H,2,7-8H2,1,3-5H3. The highest BCUT2D eigenvalue weighted by Gasteiger charge is 2.12. The molecule has 0 unspecified atom stereocenters.